The Bertz CT molecular complexity index is 1410. The van der Waals surface area contributed by atoms with Crippen molar-refractivity contribution in [2.75, 3.05) is 32.4 Å². The highest BCUT2D eigenvalue weighted by molar-refractivity contribution is 7.62. The van der Waals surface area contributed by atoms with Gasteiger partial charge < -0.3 is 18.7 Å². The van der Waals surface area contributed by atoms with Crippen LogP contribution in [0.1, 0.15) is 94.1 Å². The molecule has 2 amide bonds. The number of carbonyl (C=O) groups excluding carboxylic acids is 3. The highest BCUT2D eigenvalue weighted by Crippen LogP contribution is 2.64. The molecule has 2 atom stereocenters. The average Bonchev–Trinajstić information content (AvgIpc) is 3.40. The Labute approximate surface area is 285 Å². The summed E-state index contributed by atoms with van der Waals surface area (Å²) in [4.78, 5) is 43.4. The van der Waals surface area contributed by atoms with Crippen molar-refractivity contribution in [3.63, 3.8) is 0 Å². The van der Waals surface area contributed by atoms with E-state index in [0.29, 0.717) is 25.9 Å². The monoisotopic (exact) mass is 690 g/mol. The van der Waals surface area contributed by atoms with Crippen LogP contribution in [0, 0.1) is 0 Å². The minimum Gasteiger partial charge on any atom is -0.459 e. The summed E-state index contributed by atoms with van der Waals surface area (Å²) in [6, 6.07) is 9.86. The molecular weight excluding hydrogens is 635 g/mol. The molecule has 2 unspecified atom stereocenters. The maximum absolute atomic E-state index is 14.8. The molecule has 1 aliphatic heterocycles. The van der Waals surface area contributed by atoms with Crippen LogP contribution < -0.4 is 0 Å². The molecule has 1 aromatic heterocycles. The molecule has 1 aromatic carbocycles. The lowest BCUT2D eigenvalue weighted by Gasteiger charge is -2.46. The lowest BCUT2D eigenvalue weighted by atomic mass is 9.98. The summed E-state index contributed by atoms with van der Waals surface area (Å²) in [6.07, 6.45) is 1.09. The lowest BCUT2D eigenvalue weighted by Crippen LogP contribution is -2.56. The van der Waals surface area contributed by atoms with Gasteiger partial charge in [-0.25, -0.2) is 14.5 Å². The third-order valence-electron chi connectivity index (χ3n) is 7.59. The summed E-state index contributed by atoms with van der Waals surface area (Å²) in [6.45, 7) is 18.6. The molecule has 48 heavy (non-hydrogen) atoms. The maximum Gasteiger partial charge on any atom is 0.419 e. The van der Waals surface area contributed by atoms with Crippen LogP contribution in [0.15, 0.2) is 36.5 Å². The normalized spacial score (nSPS) is 20.6. The van der Waals surface area contributed by atoms with E-state index in [-0.39, 0.29) is 32.3 Å². The molecule has 0 bridgehead atoms. The number of benzene rings is 1. The minimum atomic E-state index is -3.59. The van der Waals surface area contributed by atoms with Gasteiger partial charge >= 0.3 is 18.2 Å². The van der Waals surface area contributed by atoms with Crippen LogP contribution in [-0.4, -0.2) is 92.5 Å². The maximum atomic E-state index is 14.8. The number of unbranched alkanes of at least 4 members (excludes halogenated alkanes) is 1. The Balaban J connectivity index is 1.91. The number of rotatable bonds is 11. The predicted octanol–water partition coefficient (Wildman–Crippen LogP) is 7.63. The van der Waals surface area contributed by atoms with Gasteiger partial charge in [0.1, 0.15) is 16.8 Å². The van der Waals surface area contributed by atoms with E-state index in [2.05, 4.69) is 15.1 Å². The number of amides is 2. The number of aromatic amines is 1. The van der Waals surface area contributed by atoms with E-state index in [4.69, 9.17) is 18.7 Å². The summed E-state index contributed by atoms with van der Waals surface area (Å²) in [7, 11) is -3.59. The number of imide groups is 1. The first-order chi connectivity index (χ1) is 22.2. The van der Waals surface area contributed by atoms with Crippen molar-refractivity contribution >= 4 is 25.5 Å². The molecule has 2 heterocycles. The summed E-state index contributed by atoms with van der Waals surface area (Å²) < 4.78 is 37.8. The summed E-state index contributed by atoms with van der Waals surface area (Å²) in [5.74, 6) is -0.580. The SMILES string of the molecule is CCOP1(=O)CCN(Cc2cn[nH]c2-c2ccccc2)CC1(CCCCN(C(=O)OC(C)(C)C)C(=O)OC(C)(C)C)C(=O)OC(C)(C)C. The Morgan fingerprint density at radius 2 is 1.50 bits per heavy atom. The van der Waals surface area contributed by atoms with Gasteiger partial charge in [0.25, 0.3) is 0 Å². The van der Waals surface area contributed by atoms with Gasteiger partial charge in [-0.1, -0.05) is 30.3 Å². The van der Waals surface area contributed by atoms with E-state index in [1.54, 1.807) is 75.4 Å². The molecule has 0 radical (unpaired) electrons. The van der Waals surface area contributed by atoms with E-state index < -0.39 is 47.5 Å². The van der Waals surface area contributed by atoms with Crippen molar-refractivity contribution in [1.82, 2.24) is 20.0 Å². The molecule has 0 saturated carbocycles. The van der Waals surface area contributed by atoms with Crippen molar-refractivity contribution in [2.24, 2.45) is 0 Å². The first-order valence-corrected chi connectivity index (χ1v) is 18.5. The van der Waals surface area contributed by atoms with Crippen molar-refractivity contribution in [1.29, 1.82) is 0 Å². The zero-order valence-electron chi connectivity index (χ0n) is 30.4. The number of hydrogen-bond acceptors (Lipinski definition) is 10. The number of ether oxygens (including phenoxy) is 3. The van der Waals surface area contributed by atoms with Gasteiger partial charge in [0, 0.05) is 37.9 Å². The fraction of sp³-hybridized carbons (Fsp3) is 0.657. The summed E-state index contributed by atoms with van der Waals surface area (Å²) in [5, 5.41) is 5.90. The molecule has 268 valence electrons. The second-order valence-corrected chi connectivity index (χ2v) is 18.2. The van der Waals surface area contributed by atoms with Gasteiger partial charge in [-0.05, 0) is 94.1 Å². The van der Waals surface area contributed by atoms with Crippen LogP contribution in [0.25, 0.3) is 11.3 Å². The van der Waals surface area contributed by atoms with E-state index in [1.807, 2.05) is 30.3 Å². The predicted molar refractivity (Wildman–Crippen MR) is 185 cm³/mol. The standard InChI is InChI=1S/C35H55N4O8P/c1-11-44-48(43)22-21-38(24-27-23-36-37-28(27)26-17-13-12-14-18-26)25-35(48,29(40)45-32(2,3)4)19-15-16-20-39(30(41)46-33(5,6)7)31(42)47-34(8,9)10/h12-14,17-18,23H,11,15-16,19-22,24-25H2,1-10H3,(H,36,37). The Kier molecular flexibility index (Phi) is 12.7. The van der Waals surface area contributed by atoms with Gasteiger partial charge in [0.05, 0.1) is 18.5 Å². The molecule has 1 aliphatic rings. The largest absolute Gasteiger partial charge is 0.459 e. The zero-order valence-corrected chi connectivity index (χ0v) is 31.3. The highest BCUT2D eigenvalue weighted by Gasteiger charge is 2.59. The topological polar surface area (TPSA) is 140 Å². The quantitative estimate of drug-likeness (QED) is 0.108. The second kappa shape index (κ2) is 15.6. The number of carbonyl (C=O) groups is 3. The number of nitrogens with one attached hydrogen (secondary N) is 1. The fourth-order valence-electron chi connectivity index (χ4n) is 5.61. The smallest absolute Gasteiger partial charge is 0.419 e. The molecule has 1 fully saturated rings. The Morgan fingerprint density at radius 3 is 2.04 bits per heavy atom. The van der Waals surface area contributed by atoms with E-state index in [0.717, 1.165) is 21.7 Å². The second-order valence-electron chi connectivity index (χ2n) is 15.3. The lowest BCUT2D eigenvalue weighted by molar-refractivity contribution is -0.160. The average molecular weight is 691 g/mol. The van der Waals surface area contributed by atoms with E-state index in [1.165, 1.54) is 0 Å². The number of nitrogens with zero attached hydrogens (tertiary/aromatic N) is 3. The number of esters is 1. The molecule has 2 aromatic rings. The van der Waals surface area contributed by atoms with Crippen LogP contribution in [-0.2, 0) is 34.6 Å². The van der Waals surface area contributed by atoms with Gasteiger partial charge in [0.2, 0.25) is 7.37 Å². The summed E-state index contributed by atoms with van der Waals surface area (Å²) >= 11 is 0. The zero-order chi connectivity index (χ0) is 36.0. The van der Waals surface area contributed by atoms with Gasteiger partial charge in [0.15, 0.2) is 5.16 Å². The van der Waals surface area contributed by atoms with Crippen LogP contribution >= 0.6 is 7.37 Å². The Hall–Kier alpha value is -3.21. The van der Waals surface area contributed by atoms with Crippen molar-refractivity contribution in [3.8, 4) is 11.3 Å². The van der Waals surface area contributed by atoms with Gasteiger partial charge in [-0.2, -0.15) is 5.10 Å². The number of aromatic nitrogens is 2. The highest BCUT2D eigenvalue weighted by atomic mass is 31.2. The van der Waals surface area contributed by atoms with Crippen LogP contribution in [0.4, 0.5) is 9.59 Å². The van der Waals surface area contributed by atoms with Gasteiger partial charge in [-0.15, -0.1) is 0 Å². The first-order valence-electron chi connectivity index (χ1n) is 16.7. The van der Waals surface area contributed by atoms with Crippen LogP contribution in [0.5, 0.6) is 0 Å². The number of hydrogen-bond donors (Lipinski definition) is 1. The third-order valence-corrected chi connectivity index (χ3v) is 10.9. The van der Waals surface area contributed by atoms with E-state index in [9.17, 15) is 18.9 Å². The molecule has 12 nitrogen and oxygen atoms in total. The minimum absolute atomic E-state index is 0.0215. The molecule has 3 rings (SSSR count). The molecule has 13 heteroatoms. The van der Waals surface area contributed by atoms with Crippen LogP contribution in [0.2, 0.25) is 0 Å². The first kappa shape index (κ1) is 39.2. The van der Waals surface area contributed by atoms with E-state index >= 15 is 0 Å². The molecule has 1 N–H and O–H groups in total. The molecule has 0 aliphatic carbocycles. The fourth-order valence-corrected chi connectivity index (χ4v) is 8.61. The van der Waals surface area contributed by atoms with Gasteiger partial charge in [-0.3, -0.25) is 19.4 Å². The summed E-state index contributed by atoms with van der Waals surface area (Å²) in [5.41, 5.74) is 0.310. The van der Waals surface area contributed by atoms with Crippen molar-refractivity contribution < 1.29 is 37.7 Å². The molecule has 1 saturated heterocycles. The van der Waals surface area contributed by atoms with Crippen molar-refractivity contribution in [3.05, 3.63) is 42.1 Å². The van der Waals surface area contributed by atoms with Crippen LogP contribution in [0.3, 0.4) is 0 Å². The third kappa shape index (κ3) is 10.6. The van der Waals surface area contributed by atoms with Crippen molar-refractivity contribution in [2.45, 2.75) is 117 Å². The molecule has 0 spiro atoms. The molecular formula is C35H55N4O8P. The number of H-pyrrole nitrogens is 1. The Morgan fingerprint density at radius 1 is 0.917 bits per heavy atom.